The fourth-order valence-corrected chi connectivity index (χ4v) is 1.57. The molecule has 14 heavy (non-hydrogen) atoms. The van der Waals surface area contributed by atoms with E-state index < -0.39 is 0 Å². The highest BCUT2D eigenvalue weighted by molar-refractivity contribution is 5.82. The van der Waals surface area contributed by atoms with E-state index in [0.717, 1.165) is 0 Å². The Balaban J connectivity index is 2.86. The molecule has 1 heterocycles. The van der Waals surface area contributed by atoms with E-state index in [-0.39, 0.29) is 5.82 Å². The summed E-state index contributed by atoms with van der Waals surface area (Å²) in [7, 11) is 0. The fourth-order valence-electron chi connectivity index (χ4n) is 1.57. The molecule has 0 saturated heterocycles. The first kappa shape index (κ1) is 8.94. The number of nitrogens with zero attached hydrogens (tertiary/aromatic N) is 1. The first-order chi connectivity index (χ1) is 6.74. The third-order valence-electron chi connectivity index (χ3n) is 2.31. The van der Waals surface area contributed by atoms with Gasteiger partial charge in [-0.2, -0.15) is 0 Å². The summed E-state index contributed by atoms with van der Waals surface area (Å²) in [6.07, 6.45) is 0.565. The second kappa shape index (κ2) is 3.25. The maximum absolute atomic E-state index is 13.8. The zero-order valence-electron chi connectivity index (χ0n) is 7.92. The molecular formula is C11H11FN2. The minimum Gasteiger partial charge on any atom is -0.383 e. The summed E-state index contributed by atoms with van der Waals surface area (Å²) in [6, 6.07) is 7.09. The number of fused-ring (bicyclic) bond motifs is 1. The number of benzene rings is 1. The van der Waals surface area contributed by atoms with Crippen molar-refractivity contribution in [1.82, 2.24) is 4.98 Å². The molecule has 0 aliphatic rings. The van der Waals surface area contributed by atoms with Crippen LogP contribution in [-0.2, 0) is 6.42 Å². The summed E-state index contributed by atoms with van der Waals surface area (Å²) in [5, 5.41) is 0.540. The Hall–Kier alpha value is -1.64. The standard InChI is InChI=1S/C11H11FN2/c1-2-7-10(12)8-5-3-4-6-9(8)14-11(7)13/h3-6H,2H2,1H3,(H2,13,14). The summed E-state index contributed by atoms with van der Waals surface area (Å²) in [6.45, 7) is 1.87. The van der Waals surface area contributed by atoms with Gasteiger partial charge in [-0.05, 0) is 18.6 Å². The predicted octanol–water partition coefficient (Wildman–Crippen LogP) is 2.52. The number of hydrogen-bond donors (Lipinski definition) is 1. The Morgan fingerprint density at radius 3 is 2.79 bits per heavy atom. The van der Waals surface area contributed by atoms with E-state index in [1.165, 1.54) is 0 Å². The highest BCUT2D eigenvalue weighted by Crippen LogP contribution is 2.23. The Bertz CT molecular complexity index is 480. The lowest BCUT2D eigenvalue weighted by Gasteiger charge is -2.06. The molecule has 0 spiro atoms. The van der Waals surface area contributed by atoms with E-state index in [9.17, 15) is 4.39 Å². The quantitative estimate of drug-likeness (QED) is 0.750. The number of aromatic nitrogens is 1. The number of nitrogens with two attached hydrogens (primary N) is 1. The molecule has 2 aromatic rings. The van der Waals surface area contributed by atoms with E-state index in [2.05, 4.69) is 4.98 Å². The molecule has 72 valence electrons. The largest absolute Gasteiger partial charge is 0.383 e. The summed E-state index contributed by atoms with van der Waals surface area (Å²) in [5.74, 6) is 0.0549. The van der Waals surface area contributed by atoms with Crippen molar-refractivity contribution in [3.05, 3.63) is 35.6 Å². The van der Waals surface area contributed by atoms with E-state index in [1.807, 2.05) is 13.0 Å². The molecule has 3 heteroatoms. The van der Waals surface area contributed by atoms with Gasteiger partial charge < -0.3 is 5.73 Å². The van der Waals surface area contributed by atoms with Crippen molar-refractivity contribution in [2.45, 2.75) is 13.3 Å². The van der Waals surface area contributed by atoms with Crippen molar-refractivity contribution >= 4 is 16.7 Å². The number of halogens is 1. The van der Waals surface area contributed by atoms with Crippen LogP contribution in [0.1, 0.15) is 12.5 Å². The molecule has 0 unspecified atom stereocenters. The normalized spacial score (nSPS) is 10.7. The third kappa shape index (κ3) is 1.21. The lowest BCUT2D eigenvalue weighted by molar-refractivity contribution is 0.624. The monoisotopic (exact) mass is 190 g/mol. The Labute approximate surface area is 81.6 Å². The highest BCUT2D eigenvalue weighted by Gasteiger charge is 2.10. The van der Waals surface area contributed by atoms with E-state index in [0.29, 0.717) is 28.7 Å². The minimum absolute atomic E-state index is 0.240. The van der Waals surface area contributed by atoms with Crippen molar-refractivity contribution in [1.29, 1.82) is 0 Å². The summed E-state index contributed by atoms with van der Waals surface area (Å²) >= 11 is 0. The summed E-state index contributed by atoms with van der Waals surface area (Å²) < 4.78 is 13.8. The van der Waals surface area contributed by atoms with Gasteiger partial charge in [0.05, 0.1) is 5.52 Å². The van der Waals surface area contributed by atoms with Crippen LogP contribution in [0.25, 0.3) is 10.9 Å². The van der Waals surface area contributed by atoms with Crippen LogP contribution in [-0.4, -0.2) is 4.98 Å². The van der Waals surface area contributed by atoms with Gasteiger partial charge in [0.25, 0.3) is 0 Å². The Morgan fingerprint density at radius 2 is 2.07 bits per heavy atom. The highest BCUT2D eigenvalue weighted by atomic mass is 19.1. The maximum Gasteiger partial charge on any atom is 0.139 e. The second-order valence-electron chi connectivity index (χ2n) is 3.16. The molecule has 0 radical (unpaired) electrons. The number of para-hydroxylation sites is 1. The third-order valence-corrected chi connectivity index (χ3v) is 2.31. The average Bonchev–Trinajstić information content (AvgIpc) is 2.18. The Kier molecular flexibility index (Phi) is 2.08. The predicted molar refractivity (Wildman–Crippen MR) is 55.5 cm³/mol. The molecule has 0 amide bonds. The van der Waals surface area contributed by atoms with Crippen molar-refractivity contribution < 1.29 is 4.39 Å². The van der Waals surface area contributed by atoms with Crippen LogP contribution in [0.5, 0.6) is 0 Å². The van der Waals surface area contributed by atoms with Gasteiger partial charge in [-0.15, -0.1) is 0 Å². The summed E-state index contributed by atoms with van der Waals surface area (Å²) in [5.41, 5.74) is 6.76. The van der Waals surface area contributed by atoms with Crippen LogP contribution in [0.3, 0.4) is 0 Å². The molecule has 2 nitrogen and oxygen atoms in total. The van der Waals surface area contributed by atoms with Crippen LogP contribution in [0.4, 0.5) is 10.2 Å². The molecular weight excluding hydrogens is 179 g/mol. The van der Waals surface area contributed by atoms with Gasteiger partial charge in [-0.1, -0.05) is 19.1 Å². The maximum atomic E-state index is 13.8. The van der Waals surface area contributed by atoms with Crippen molar-refractivity contribution in [3.63, 3.8) is 0 Å². The molecule has 2 rings (SSSR count). The van der Waals surface area contributed by atoms with Crippen LogP contribution in [0, 0.1) is 5.82 Å². The van der Waals surface area contributed by atoms with E-state index in [1.54, 1.807) is 18.2 Å². The van der Waals surface area contributed by atoms with Gasteiger partial charge in [-0.3, -0.25) is 0 Å². The van der Waals surface area contributed by atoms with Gasteiger partial charge in [0.15, 0.2) is 0 Å². The number of rotatable bonds is 1. The molecule has 1 aromatic carbocycles. The van der Waals surface area contributed by atoms with Gasteiger partial charge in [0.2, 0.25) is 0 Å². The van der Waals surface area contributed by atoms with Gasteiger partial charge in [0, 0.05) is 10.9 Å². The number of pyridine rings is 1. The van der Waals surface area contributed by atoms with Gasteiger partial charge in [0.1, 0.15) is 11.6 Å². The van der Waals surface area contributed by atoms with E-state index in [4.69, 9.17) is 5.73 Å². The van der Waals surface area contributed by atoms with Gasteiger partial charge >= 0.3 is 0 Å². The Morgan fingerprint density at radius 1 is 1.36 bits per heavy atom. The van der Waals surface area contributed by atoms with Crippen LogP contribution < -0.4 is 5.73 Å². The SMILES string of the molecule is CCc1c(N)nc2ccccc2c1F. The van der Waals surface area contributed by atoms with E-state index >= 15 is 0 Å². The average molecular weight is 190 g/mol. The zero-order chi connectivity index (χ0) is 10.1. The molecule has 0 fully saturated rings. The van der Waals surface area contributed by atoms with Gasteiger partial charge in [-0.25, -0.2) is 9.37 Å². The molecule has 0 atom stereocenters. The number of hydrogen-bond acceptors (Lipinski definition) is 2. The van der Waals surface area contributed by atoms with Crippen molar-refractivity contribution in [3.8, 4) is 0 Å². The molecule has 0 aliphatic heterocycles. The smallest absolute Gasteiger partial charge is 0.139 e. The van der Waals surface area contributed by atoms with Crippen molar-refractivity contribution in [2.75, 3.05) is 5.73 Å². The first-order valence-corrected chi connectivity index (χ1v) is 4.56. The lowest BCUT2D eigenvalue weighted by Crippen LogP contribution is -2.01. The fraction of sp³-hybridized carbons (Fsp3) is 0.182. The van der Waals surface area contributed by atoms with Crippen LogP contribution in [0.2, 0.25) is 0 Å². The number of nitrogen functional groups attached to an aromatic ring is 1. The molecule has 2 N–H and O–H groups in total. The molecule has 0 aliphatic carbocycles. The second-order valence-corrected chi connectivity index (χ2v) is 3.16. The first-order valence-electron chi connectivity index (χ1n) is 4.56. The van der Waals surface area contributed by atoms with Crippen molar-refractivity contribution in [2.24, 2.45) is 0 Å². The molecule has 1 aromatic heterocycles. The van der Waals surface area contributed by atoms with Crippen LogP contribution >= 0.6 is 0 Å². The topological polar surface area (TPSA) is 38.9 Å². The molecule has 0 saturated carbocycles. The zero-order valence-corrected chi connectivity index (χ0v) is 7.92. The lowest BCUT2D eigenvalue weighted by atomic mass is 10.1. The molecule has 0 bridgehead atoms. The minimum atomic E-state index is -0.240. The number of anilines is 1. The van der Waals surface area contributed by atoms with Crippen LogP contribution in [0.15, 0.2) is 24.3 Å². The summed E-state index contributed by atoms with van der Waals surface area (Å²) in [4.78, 5) is 4.15.